The SMILES string of the molecule is Cc1ncnc2c1CC(=O)NC2=O. The van der Waals surface area contributed by atoms with Crippen molar-refractivity contribution in [3.05, 3.63) is 23.3 Å². The molecule has 1 N–H and O–H groups in total. The van der Waals surface area contributed by atoms with Crippen molar-refractivity contribution in [2.75, 3.05) is 0 Å². The Hall–Kier alpha value is -1.78. The molecule has 0 fully saturated rings. The smallest absolute Gasteiger partial charge is 0.276 e. The summed E-state index contributed by atoms with van der Waals surface area (Å²) in [6.45, 7) is 1.76. The zero-order valence-corrected chi connectivity index (χ0v) is 7.00. The average Bonchev–Trinajstić information content (AvgIpc) is 2.07. The molecular formula is C8H7N3O2. The van der Waals surface area contributed by atoms with Gasteiger partial charge in [0.2, 0.25) is 5.91 Å². The van der Waals surface area contributed by atoms with Gasteiger partial charge in [-0.05, 0) is 6.92 Å². The molecule has 2 heterocycles. The predicted molar refractivity (Wildman–Crippen MR) is 42.9 cm³/mol. The van der Waals surface area contributed by atoms with E-state index >= 15 is 0 Å². The normalized spacial score (nSPS) is 15.2. The molecule has 0 saturated carbocycles. The number of fused-ring (bicyclic) bond motifs is 1. The fourth-order valence-electron chi connectivity index (χ4n) is 1.30. The second kappa shape index (κ2) is 2.62. The van der Waals surface area contributed by atoms with Gasteiger partial charge in [-0.3, -0.25) is 14.9 Å². The minimum Gasteiger partial charge on any atom is -0.291 e. The number of amides is 2. The number of rotatable bonds is 0. The zero-order valence-electron chi connectivity index (χ0n) is 7.00. The second-order valence-corrected chi connectivity index (χ2v) is 2.84. The third-order valence-electron chi connectivity index (χ3n) is 1.97. The van der Waals surface area contributed by atoms with Crippen LogP contribution >= 0.6 is 0 Å². The molecule has 0 unspecified atom stereocenters. The summed E-state index contributed by atoms with van der Waals surface area (Å²) in [7, 11) is 0. The maximum Gasteiger partial charge on any atom is 0.276 e. The molecule has 1 aliphatic heterocycles. The molecule has 13 heavy (non-hydrogen) atoms. The number of carbonyl (C=O) groups is 2. The number of nitrogens with one attached hydrogen (secondary N) is 1. The van der Waals surface area contributed by atoms with Gasteiger partial charge in [0.15, 0.2) is 0 Å². The first-order valence-electron chi connectivity index (χ1n) is 3.83. The lowest BCUT2D eigenvalue weighted by Gasteiger charge is -2.14. The fraction of sp³-hybridized carbons (Fsp3) is 0.250. The van der Waals surface area contributed by atoms with E-state index in [0.29, 0.717) is 17.0 Å². The molecule has 0 radical (unpaired) electrons. The summed E-state index contributed by atoms with van der Waals surface area (Å²) in [5, 5.41) is 2.19. The van der Waals surface area contributed by atoms with E-state index in [1.165, 1.54) is 6.33 Å². The number of aryl methyl sites for hydroxylation is 1. The number of hydrogen-bond acceptors (Lipinski definition) is 4. The van der Waals surface area contributed by atoms with E-state index in [4.69, 9.17) is 0 Å². The van der Waals surface area contributed by atoms with Crippen LogP contribution in [-0.4, -0.2) is 21.8 Å². The molecule has 1 aromatic heterocycles. The van der Waals surface area contributed by atoms with Crippen LogP contribution in [0, 0.1) is 6.92 Å². The summed E-state index contributed by atoms with van der Waals surface area (Å²) in [4.78, 5) is 30.0. The molecule has 0 aromatic carbocycles. The molecule has 1 aromatic rings. The van der Waals surface area contributed by atoms with Gasteiger partial charge >= 0.3 is 0 Å². The van der Waals surface area contributed by atoms with E-state index in [-0.39, 0.29) is 12.3 Å². The van der Waals surface area contributed by atoms with Crippen molar-refractivity contribution in [2.45, 2.75) is 13.3 Å². The Kier molecular flexibility index (Phi) is 1.58. The Morgan fingerprint density at radius 1 is 1.38 bits per heavy atom. The first-order chi connectivity index (χ1) is 6.18. The minimum atomic E-state index is -0.434. The van der Waals surface area contributed by atoms with Gasteiger partial charge in [-0.1, -0.05) is 0 Å². The minimum absolute atomic E-state index is 0.188. The van der Waals surface area contributed by atoms with Crippen molar-refractivity contribution in [1.29, 1.82) is 0 Å². The lowest BCUT2D eigenvalue weighted by Crippen LogP contribution is -2.38. The summed E-state index contributed by atoms with van der Waals surface area (Å²) < 4.78 is 0. The van der Waals surface area contributed by atoms with Gasteiger partial charge in [0.25, 0.3) is 5.91 Å². The maximum atomic E-state index is 11.2. The summed E-state index contributed by atoms with van der Waals surface area (Å²) in [6.07, 6.45) is 1.51. The molecule has 1 aliphatic rings. The van der Waals surface area contributed by atoms with E-state index in [1.807, 2.05) is 0 Å². The quantitative estimate of drug-likeness (QED) is 0.547. The number of carbonyl (C=O) groups excluding carboxylic acids is 2. The third kappa shape index (κ3) is 1.18. The molecule has 2 amide bonds. The summed E-state index contributed by atoms with van der Waals surface area (Å²) >= 11 is 0. The summed E-state index contributed by atoms with van der Waals surface area (Å²) in [6, 6.07) is 0. The van der Waals surface area contributed by atoms with Crippen LogP contribution in [0.5, 0.6) is 0 Å². The molecule has 66 valence electrons. The Balaban J connectivity index is 2.61. The highest BCUT2D eigenvalue weighted by Crippen LogP contribution is 2.13. The van der Waals surface area contributed by atoms with Crippen LogP contribution in [0.15, 0.2) is 6.33 Å². The predicted octanol–water partition coefficient (Wildman–Crippen LogP) is -0.402. The van der Waals surface area contributed by atoms with Crippen LogP contribution in [0.1, 0.15) is 21.7 Å². The van der Waals surface area contributed by atoms with Crippen molar-refractivity contribution in [2.24, 2.45) is 0 Å². The van der Waals surface area contributed by atoms with Crippen LogP contribution in [-0.2, 0) is 11.2 Å². The molecule has 2 rings (SSSR count). The Morgan fingerprint density at radius 3 is 2.92 bits per heavy atom. The van der Waals surface area contributed by atoms with Crippen LogP contribution in [0.2, 0.25) is 0 Å². The van der Waals surface area contributed by atoms with Crippen LogP contribution < -0.4 is 5.32 Å². The average molecular weight is 177 g/mol. The fourth-order valence-corrected chi connectivity index (χ4v) is 1.30. The van der Waals surface area contributed by atoms with Crippen molar-refractivity contribution in [3.8, 4) is 0 Å². The summed E-state index contributed by atoms with van der Waals surface area (Å²) in [5.41, 5.74) is 1.64. The summed E-state index contributed by atoms with van der Waals surface area (Å²) in [5.74, 6) is -0.729. The van der Waals surface area contributed by atoms with Gasteiger partial charge in [-0.2, -0.15) is 0 Å². The molecule has 5 heteroatoms. The zero-order chi connectivity index (χ0) is 9.42. The molecule has 5 nitrogen and oxygen atoms in total. The molecular weight excluding hydrogens is 170 g/mol. The third-order valence-corrected chi connectivity index (χ3v) is 1.97. The molecule has 0 saturated heterocycles. The number of imide groups is 1. The van der Waals surface area contributed by atoms with Crippen LogP contribution in [0.4, 0.5) is 0 Å². The number of hydrogen-bond donors (Lipinski definition) is 1. The highest BCUT2D eigenvalue weighted by molar-refractivity contribution is 6.08. The topological polar surface area (TPSA) is 72.0 Å². The second-order valence-electron chi connectivity index (χ2n) is 2.84. The highest BCUT2D eigenvalue weighted by Gasteiger charge is 2.24. The lowest BCUT2D eigenvalue weighted by molar-refractivity contribution is -0.119. The van der Waals surface area contributed by atoms with Gasteiger partial charge in [0.1, 0.15) is 12.0 Å². The highest BCUT2D eigenvalue weighted by atomic mass is 16.2. The van der Waals surface area contributed by atoms with Gasteiger partial charge in [-0.25, -0.2) is 9.97 Å². The van der Waals surface area contributed by atoms with E-state index in [9.17, 15) is 9.59 Å². The van der Waals surface area contributed by atoms with Gasteiger partial charge in [0, 0.05) is 11.3 Å². The van der Waals surface area contributed by atoms with Crippen molar-refractivity contribution >= 4 is 11.8 Å². The number of aromatic nitrogens is 2. The van der Waals surface area contributed by atoms with Crippen LogP contribution in [0.25, 0.3) is 0 Å². The molecule has 0 atom stereocenters. The van der Waals surface area contributed by atoms with Crippen molar-refractivity contribution in [1.82, 2.24) is 15.3 Å². The first kappa shape index (κ1) is 7.85. The van der Waals surface area contributed by atoms with E-state index in [1.54, 1.807) is 6.92 Å². The van der Waals surface area contributed by atoms with Crippen molar-refractivity contribution < 1.29 is 9.59 Å². The number of nitrogens with zero attached hydrogens (tertiary/aromatic N) is 2. The van der Waals surface area contributed by atoms with E-state index in [0.717, 1.165) is 0 Å². The Bertz CT molecular complexity index is 400. The van der Waals surface area contributed by atoms with Crippen molar-refractivity contribution in [3.63, 3.8) is 0 Å². The lowest BCUT2D eigenvalue weighted by atomic mass is 10.0. The van der Waals surface area contributed by atoms with Gasteiger partial charge in [0.05, 0.1) is 6.42 Å². The first-order valence-corrected chi connectivity index (χ1v) is 3.83. The van der Waals surface area contributed by atoms with Crippen LogP contribution in [0.3, 0.4) is 0 Å². The van der Waals surface area contributed by atoms with E-state index < -0.39 is 5.91 Å². The van der Waals surface area contributed by atoms with Gasteiger partial charge in [-0.15, -0.1) is 0 Å². The molecule has 0 bridgehead atoms. The maximum absolute atomic E-state index is 11.2. The molecule has 0 aliphatic carbocycles. The Morgan fingerprint density at radius 2 is 2.15 bits per heavy atom. The monoisotopic (exact) mass is 177 g/mol. The Labute approximate surface area is 74.2 Å². The standard InChI is InChI=1S/C8H7N3O2/c1-4-5-2-6(12)11-8(13)7(5)10-3-9-4/h3H,2H2,1H3,(H,11,12,13). The largest absolute Gasteiger partial charge is 0.291 e. The van der Waals surface area contributed by atoms with E-state index in [2.05, 4.69) is 15.3 Å². The van der Waals surface area contributed by atoms with Gasteiger partial charge < -0.3 is 0 Å². The molecule has 0 spiro atoms.